The normalized spacial score (nSPS) is 27.7. The first-order chi connectivity index (χ1) is 6.63. The fraction of sp³-hybridized carbons (Fsp3) is 0.636. The molecule has 0 saturated heterocycles. The van der Waals surface area contributed by atoms with Crippen LogP contribution in [-0.2, 0) is 0 Å². The standard InChI is InChI=1S/C11H14BrClS/c1-3-7-5-8(7)10(12)9-4-6(2)11(13)14-9/h4,7-8,10H,3,5H2,1-2H3. The zero-order valence-corrected chi connectivity index (χ0v) is 11.5. The van der Waals surface area contributed by atoms with Gasteiger partial charge >= 0.3 is 0 Å². The number of hydrogen-bond donors (Lipinski definition) is 0. The summed E-state index contributed by atoms with van der Waals surface area (Å²) in [4.78, 5) is 1.93. The quantitative estimate of drug-likeness (QED) is 0.673. The van der Waals surface area contributed by atoms with E-state index in [4.69, 9.17) is 11.6 Å². The largest absolute Gasteiger partial charge is 0.127 e. The lowest BCUT2D eigenvalue weighted by atomic mass is 10.2. The molecule has 1 aliphatic carbocycles. The number of aryl methyl sites for hydroxylation is 1. The van der Waals surface area contributed by atoms with Crippen molar-refractivity contribution in [2.45, 2.75) is 31.5 Å². The van der Waals surface area contributed by atoms with Crippen LogP contribution >= 0.6 is 38.9 Å². The van der Waals surface area contributed by atoms with Gasteiger partial charge in [0, 0.05) is 4.88 Å². The van der Waals surface area contributed by atoms with Crippen LogP contribution in [0.3, 0.4) is 0 Å². The van der Waals surface area contributed by atoms with Crippen molar-refractivity contribution in [3.63, 3.8) is 0 Å². The molecule has 0 spiro atoms. The van der Waals surface area contributed by atoms with Crippen molar-refractivity contribution < 1.29 is 0 Å². The maximum absolute atomic E-state index is 6.07. The Hall–Kier alpha value is 0.470. The highest BCUT2D eigenvalue weighted by molar-refractivity contribution is 9.09. The van der Waals surface area contributed by atoms with Crippen molar-refractivity contribution >= 4 is 38.9 Å². The van der Waals surface area contributed by atoms with E-state index in [1.165, 1.54) is 23.3 Å². The third kappa shape index (κ3) is 2.02. The van der Waals surface area contributed by atoms with Gasteiger partial charge in [-0.25, -0.2) is 0 Å². The number of halogens is 2. The van der Waals surface area contributed by atoms with Gasteiger partial charge in [0.05, 0.1) is 9.16 Å². The van der Waals surface area contributed by atoms with Crippen LogP contribution in [0.2, 0.25) is 4.34 Å². The average Bonchev–Trinajstić information content (AvgIpc) is 2.87. The minimum absolute atomic E-state index is 0.531. The van der Waals surface area contributed by atoms with Crippen molar-refractivity contribution in [1.29, 1.82) is 0 Å². The summed E-state index contributed by atoms with van der Waals surface area (Å²) in [5.74, 6) is 1.77. The minimum atomic E-state index is 0.531. The van der Waals surface area contributed by atoms with Gasteiger partial charge in [-0.1, -0.05) is 40.9 Å². The first-order valence-corrected chi connectivity index (χ1v) is 7.14. The molecule has 1 saturated carbocycles. The van der Waals surface area contributed by atoms with Gasteiger partial charge < -0.3 is 0 Å². The lowest BCUT2D eigenvalue weighted by Gasteiger charge is -2.05. The molecule has 0 aliphatic heterocycles. The molecule has 0 nitrogen and oxygen atoms in total. The van der Waals surface area contributed by atoms with Gasteiger partial charge in [-0.15, -0.1) is 11.3 Å². The fourth-order valence-electron chi connectivity index (χ4n) is 1.93. The van der Waals surface area contributed by atoms with Gasteiger partial charge in [-0.2, -0.15) is 0 Å². The summed E-state index contributed by atoms with van der Waals surface area (Å²) in [5, 5.41) is 0. The Morgan fingerprint density at radius 1 is 1.71 bits per heavy atom. The predicted molar refractivity (Wildman–Crippen MR) is 67.6 cm³/mol. The summed E-state index contributed by atoms with van der Waals surface area (Å²) >= 11 is 11.6. The van der Waals surface area contributed by atoms with Crippen molar-refractivity contribution in [2.24, 2.45) is 11.8 Å². The lowest BCUT2D eigenvalue weighted by molar-refractivity contribution is 0.678. The van der Waals surface area contributed by atoms with Crippen LogP contribution in [0.5, 0.6) is 0 Å². The second-order valence-corrected chi connectivity index (χ2v) is 6.75. The molecule has 3 atom stereocenters. The molecule has 0 aromatic carbocycles. The molecule has 2 rings (SSSR count). The van der Waals surface area contributed by atoms with E-state index in [0.29, 0.717) is 4.83 Å². The van der Waals surface area contributed by atoms with Crippen LogP contribution < -0.4 is 0 Å². The first kappa shape index (κ1) is 11.0. The number of rotatable bonds is 3. The molecule has 1 fully saturated rings. The summed E-state index contributed by atoms with van der Waals surface area (Å²) in [5.41, 5.74) is 1.21. The van der Waals surface area contributed by atoms with E-state index < -0.39 is 0 Å². The van der Waals surface area contributed by atoms with Crippen molar-refractivity contribution in [2.75, 3.05) is 0 Å². The molecule has 1 aromatic heterocycles. The second-order valence-electron chi connectivity index (χ2n) is 4.08. The van der Waals surface area contributed by atoms with Crippen LogP contribution in [0.4, 0.5) is 0 Å². The van der Waals surface area contributed by atoms with Crippen molar-refractivity contribution in [1.82, 2.24) is 0 Å². The monoisotopic (exact) mass is 292 g/mol. The van der Waals surface area contributed by atoms with E-state index in [1.54, 1.807) is 11.3 Å². The Morgan fingerprint density at radius 3 is 2.86 bits per heavy atom. The molecule has 3 heteroatoms. The van der Waals surface area contributed by atoms with E-state index in [0.717, 1.165) is 16.2 Å². The zero-order chi connectivity index (χ0) is 10.3. The zero-order valence-electron chi connectivity index (χ0n) is 8.39. The van der Waals surface area contributed by atoms with E-state index in [1.807, 2.05) is 0 Å². The predicted octanol–water partition coefficient (Wildman–Crippen LogP) is 5.19. The second kappa shape index (κ2) is 4.15. The summed E-state index contributed by atoms with van der Waals surface area (Å²) < 4.78 is 0.943. The van der Waals surface area contributed by atoms with E-state index in [2.05, 4.69) is 35.8 Å². The summed E-state index contributed by atoms with van der Waals surface area (Å²) in [7, 11) is 0. The number of thiophene rings is 1. The molecule has 1 aliphatic rings. The summed E-state index contributed by atoms with van der Waals surface area (Å²) in [6.07, 6.45) is 2.69. The van der Waals surface area contributed by atoms with Gasteiger partial charge in [-0.05, 0) is 36.8 Å². The van der Waals surface area contributed by atoms with Crippen LogP contribution in [-0.4, -0.2) is 0 Å². The molecule has 0 bridgehead atoms. The molecule has 1 aromatic rings. The van der Waals surface area contributed by atoms with Crippen LogP contribution in [0.25, 0.3) is 0 Å². The highest BCUT2D eigenvalue weighted by atomic mass is 79.9. The van der Waals surface area contributed by atoms with Gasteiger partial charge in [0.25, 0.3) is 0 Å². The SMILES string of the molecule is CCC1CC1C(Br)c1cc(C)c(Cl)s1. The third-order valence-corrected chi connectivity index (χ3v) is 6.14. The highest BCUT2D eigenvalue weighted by Gasteiger charge is 2.41. The van der Waals surface area contributed by atoms with Gasteiger partial charge in [0.2, 0.25) is 0 Å². The van der Waals surface area contributed by atoms with E-state index in [-0.39, 0.29) is 0 Å². The van der Waals surface area contributed by atoms with E-state index in [9.17, 15) is 0 Å². The van der Waals surface area contributed by atoms with Crippen LogP contribution in [0, 0.1) is 18.8 Å². The average molecular weight is 294 g/mol. The minimum Gasteiger partial charge on any atom is -0.127 e. The molecule has 1 heterocycles. The van der Waals surface area contributed by atoms with Gasteiger partial charge in [-0.3, -0.25) is 0 Å². The highest BCUT2D eigenvalue weighted by Crippen LogP contribution is 2.54. The number of alkyl halides is 1. The third-order valence-electron chi connectivity index (χ3n) is 3.03. The molecule has 0 radical (unpaired) electrons. The Kier molecular flexibility index (Phi) is 3.25. The van der Waals surface area contributed by atoms with Gasteiger partial charge in [0.1, 0.15) is 0 Å². The molecule has 14 heavy (non-hydrogen) atoms. The van der Waals surface area contributed by atoms with E-state index >= 15 is 0 Å². The lowest BCUT2D eigenvalue weighted by Crippen LogP contribution is -1.90. The molecular weight excluding hydrogens is 280 g/mol. The topological polar surface area (TPSA) is 0 Å². The molecule has 3 unspecified atom stereocenters. The fourth-order valence-corrected chi connectivity index (χ4v) is 4.26. The molecule has 78 valence electrons. The van der Waals surface area contributed by atoms with Crippen LogP contribution in [0.1, 0.15) is 35.0 Å². The molecule has 0 amide bonds. The number of hydrogen-bond acceptors (Lipinski definition) is 1. The molecule has 0 N–H and O–H groups in total. The van der Waals surface area contributed by atoms with Crippen LogP contribution in [0.15, 0.2) is 6.07 Å². The molecular formula is C11H14BrClS. The Bertz CT molecular complexity index is 315. The Balaban J connectivity index is 2.08. The van der Waals surface area contributed by atoms with Crippen molar-refractivity contribution in [3.05, 3.63) is 20.8 Å². The first-order valence-electron chi connectivity index (χ1n) is 5.03. The Morgan fingerprint density at radius 2 is 2.43 bits per heavy atom. The van der Waals surface area contributed by atoms with Gasteiger partial charge in [0.15, 0.2) is 0 Å². The maximum atomic E-state index is 6.07. The summed E-state index contributed by atoms with van der Waals surface area (Å²) in [6, 6.07) is 2.22. The summed E-state index contributed by atoms with van der Waals surface area (Å²) in [6.45, 7) is 4.35. The van der Waals surface area contributed by atoms with Crippen molar-refractivity contribution in [3.8, 4) is 0 Å². The maximum Gasteiger partial charge on any atom is 0.0960 e. The smallest absolute Gasteiger partial charge is 0.0960 e. The Labute approximate surface area is 103 Å².